The topological polar surface area (TPSA) is 32.8 Å². The molecule has 1 N–H and O–H groups in total. The average molecular weight is 284 g/mol. The van der Waals surface area contributed by atoms with E-state index in [1.807, 2.05) is 0 Å². The van der Waals surface area contributed by atoms with Gasteiger partial charge < -0.3 is 9.84 Å². The highest BCUT2D eigenvalue weighted by Crippen LogP contribution is 2.27. The first-order valence-corrected chi connectivity index (χ1v) is 9.07. The molecule has 0 aromatic heterocycles. The summed E-state index contributed by atoms with van der Waals surface area (Å²) in [5.74, 6) is 0. The summed E-state index contributed by atoms with van der Waals surface area (Å²) in [6.45, 7) is 4.36. The van der Waals surface area contributed by atoms with E-state index in [0.717, 1.165) is 12.8 Å². The Morgan fingerprint density at radius 2 is 1.30 bits per heavy atom. The number of aliphatic hydroxyl groups is 1. The van der Waals surface area contributed by atoms with Crippen molar-refractivity contribution in [1.82, 2.24) is 0 Å². The summed E-state index contributed by atoms with van der Waals surface area (Å²) < 4.78 is 5.33. The largest absolute Gasteiger partial charge is 0.393 e. The number of ether oxygens (including phenoxy) is 1. The Morgan fingerprint density at radius 3 is 1.75 bits per heavy atom. The molecule has 1 fully saturated rings. The summed E-state index contributed by atoms with van der Waals surface area (Å²) in [5, 5.41) is 9.84. The summed E-state index contributed by atoms with van der Waals surface area (Å²) in [4.78, 5) is 0. The molecule has 0 aromatic rings. The molecular weight excluding hydrogens is 248 g/mol. The summed E-state index contributed by atoms with van der Waals surface area (Å²) in [6.07, 6.45) is 17.5. The van der Waals surface area contributed by atoms with Crippen LogP contribution in [0.4, 0.5) is 0 Å². The molecule has 0 bridgehead atoms. The molecule has 20 heavy (non-hydrogen) atoms. The molecule has 0 spiro atoms. The first-order chi connectivity index (χ1) is 9.74. The second-order valence-corrected chi connectivity index (χ2v) is 6.59. The van der Waals surface area contributed by atoms with E-state index < -0.39 is 0 Å². The van der Waals surface area contributed by atoms with Gasteiger partial charge in [-0.05, 0) is 13.3 Å². The summed E-state index contributed by atoms with van der Waals surface area (Å²) in [5.41, 5.74) is 0. The molecule has 0 aliphatic carbocycles. The highest BCUT2D eigenvalue weighted by Gasteiger charge is 2.35. The zero-order chi connectivity index (χ0) is 14.6. The van der Waals surface area contributed by atoms with Crippen LogP contribution in [-0.2, 0) is 4.74 Å². The highest BCUT2D eigenvalue weighted by atomic mass is 16.6. The number of hydrogen-bond acceptors (Lipinski definition) is 2. The van der Waals surface area contributed by atoms with Gasteiger partial charge in [-0.3, -0.25) is 0 Å². The molecule has 1 saturated heterocycles. The normalized spacial score (nSPS) is 22.9. The van der Waals surface area contributed by atoms with Crippen molar-refractivity contribution in [3.05, 3.63) is 0 Å². The van der Waals surface area contributed by atoms with Crippen LogP contribution in [0.1, 0.15) is 97.3 Å². The number of aliphatic hydroxyl groups excluding tert-OH is 1. The third kappa shape index (κ3) is 9.77. The minimum Gasteiger partial charge on any atom is -0.393 e. The fourth-order valence-electron chi connectivity index (χ4n) is 2.91. The Morgan fingerprint density at radius 1 is 0.850 bits per heavy atom. The van der Waals surface area contributed by atoms with Crippen LogP contribution >= 0.6 is 0 Å². The number of epoxide rings is 1. The quantitative estimate of drug-likeness (QED) is 0.350. The Balaban J connectivity index is 1.72. The monoisotopic (exact) mass is 284 g/mol. The van der Waals surface area contributed by atoms with Crippen molar-refractivity contribution in [2.45, 2.75) is 116 Å². The van der Waals surface area contributed by atoms with Crippen LogP contribution in [0.2, 0.25) is 0 Å². The predicted molar refractivity (Wildman–Crippen MR) is 86.0 cm³/mol. The van der Waals surface area contributed by atoms with Crippen LogP contribution in [0, 0.1) is 0 Å². The Kier molecular flexibility index (Phi) is 10.4. The Labute approximate surface area is 126 Å². The number of rotatable bonds is 14. The van der Waals surface area contributed by atoms with Crippen molar-refractivity contribution in [1.29, 1.82) is 0 Å². The first-order valence-electron chi connectivity index (χ1n) is 9.07. The molecular formula is C18H36O2. The summed E-state index contributed by atoms with van der Waals surface area (Å²) in [7, 11) is 0. The summed E-state index contributed by atoms with van der Waals surface area (Å²) in [6, 6.07) is 0. The van der Waals surface area contributed by atoms with E-state index in [2.05, 4.69) is 13.8 Å². The van der Waals surface area contributed by atoms with E-state index in [1.54, 1.807) is 0 Å². The van der Waals surface area contributed by atoms with Gasteiger partial charge in [0.15, 0.2) is 0 Å². The van der Waals surface area contributed by atoms with Gasteiger partial charge in [0.1, 0.15) is 0 Å². The molecule has 1 rings (SSSR count). The van der Waals surface area contributed by atoms with E-state index in [0.29, 0.717) is 12.2 Å². The van der Waals surface area contributed by atoms with Crippen LogP contribution in [0.5, 0.6) is 0 Å². The maximum atomic E-state index is 9.84. The third-order valence-electron chi connectivity index (χ3n) is 4.48. The van der Waals surface area contributed by atoms with E-state index in [9.17, 15) is 5.11 Å². The average Bonchev–Trinajstić information content (AvgIpc) is 3.11. The maximum absolute atomic E-state index is 9.84. The van der Waals surface area contributed by atoms with Gasteiger partial charge in [0.25, 0.3) is 0 Å². The summed E-state index contributed by atoms with van der Waals surface area (Å²) >= 11 is 0. The minimum absolute atomic E-state index is 0.136. The molecule has 3 atom stereocenters. The van der Waals surface area contributed by atoms with Crippen LogP contribution in [-0.4, -0.2) is 23.4 Å². The van der Waals surface area contributed by atoms with Gasteiger partial charge in [-0.1, -0.05) is 77.6 Å². The van der Waals surface area contributed by atoms with Crippen molar-refractivity contribution < 1.29 is 9.84 Å². The zero-order valence-electron chi connectivity index (χ0n) is 13.8. The molecule has 0 amide bonds. The van der Waals surface area contributed by atoms with Crippen molar-refractivity contribution in [3.63, 3.8) is 0 Å². The van der Waals surface area contributed by atoms with Crippen LogP contribution in [0.15, 0.2) is 0 Å². The minimum atomic E-state index is -0.136. The molecule has 0 unspecified atom stereocenters. The molecule has 1 heterocycles. The highest BCUT2D eigenvalue weighted by molar-refractivity contribution is 4.82. The van der Waals surface area contributed by atoms with Gasteiger partial charge in [-0.2, -0.15) is 0 Å². The lowest BCUT2D eigenvalue weighted by atomic mass is 10.0. The first kappa shape index (κ1) is 18.0. The Hall–Kier alpha value is -0.0800. The fraction of sp³-hybridized carbons (Fsp3) is 1.00. The Bertz CT molecular complexity index is 217. The number of hydrogen-bond donors (Lipinski definition) is 1. The molecule has 120 valence electrons. The van der Waals surface area contributed by atoms with E-state index >= 15 is 0 Å². The second kappa shape index (κ2) is 11.6. The lowest BCUT2D eigenvalue weighted by Crippen LogP contribution is -2.10. The van der Waals surface area contributed by atoms with Gasteiger partial charge >= 0.3 is 0 Å². The molecule has 0 saturated carbocycles. The van der Waals surface area contributed by atoms with Crippen molar-refractivity contribution >= 4 is 0 Å². The van der Waals surface area contributed by atoms with Gasteiger partial charge in [-0.25, -0.2) is 0 Å². The smallest absolute Gasteiger partial charge is 0.0863 e. The van der Waals surface area contributed by atoms with Crippen LogP contribution in [0.3, 0.4) is 0 Å². The maximum Gasteiger partial charge on any atom is 0.0863 e. The molecule has 2 heteroatoms. The molecule has 1 aliphatic heterocycles. The van der Waals surface area contributed by atoms with Crippen molar-refractivity contribution in [2.24, 2.45) is 0 Å². The SMILES string of the molecule is CCCCCCCCCCCCC[C@@H](O)C[C@@H]1O[C@@H]1C. The lowest BCUT2D eigenvalue weighted by Gasteiger charge is -2.08. The van der Waals surface area contributed by atoms with Gasteiger partial charge in [-0.15, -0.1) is 0 Å². The van der Waals surface area contributed by atoms with E-state index in [1.165, 1.54) is 70.6 Å². The molecule has 0 aromatic carbocycles. The standard InChI is InChI=1S/C18H36O2/c1-3-4-5-6-7-8-9-10-11-12-13-14-17(19)15-18-16(2)20-18/h16-19H,3-15H2,1-2H3/t16-,17-,18+/m1/s1. The molecule has 1 aliphatic rings. The van der Waals surface area contributed by atoms with Crippen LogP contribution < -0.4 is 0 Å². The van der Waals surface area contributed by atoms with Gasteiger partial charge in [0, 0.05) is 6.42 Å². The lowest BCUT2D eigenvalue weighted by molar-refractivity contribution is 0.139. The van der Waals surface area contributed by atoms with Crippen molar-refractivity contribution in [3.8, 4) is 0 Å². The van der Waals surface area contributed by atoms with E-state index in [-0.39, 0.29) is 6.10 Å². The number of unbranched alkanes of at least 4 members (excludes halogenated alkanes) is 10. The zero-order valence-corrected chi connectivity index (χ0v) is 13.8. The fourth-order valence-corrected chi connectivity index (χ4v) is 2.91. The molecule has 0 radical (unpaired) electrons. The second-order valence-electron chi connectivity index (χ2n) is 6.59. The van der Waals surface area contributed by atoms with E-state index in [4.69, 9.17) is 4.74 Å². The third-order valence-corrected chi connectivity index (χ3v) is 4.48. The van der Waals surface area contributed by atoms with Crippen molar-refractivity contribution in [2.75, 3.05) is 0 Å². The van der Waals surface area contributed by atoms with Gasteiger partial charge in [0.05, 0.1) is 18.3 Å². The van der Waals surface area contributed by atoms with Crippen LogP contribution in [0.25, 0.3) is 0 Å². The predicted octanol–water partition coefficient (Wildman–Crippen LogP) is 5.23. The molecule has 2 nitrogen and oxygen atoms in total. The van der Waals surface area contributed by atoms with Gasteiger partial charge in [0.2, 0.25) is 0 Å².